The molecular weight excluding hydrogens is 182 g/mol. The van der Waals surface area contributed by atoms with Crippen LogP contribution in [0.15, 0.2) is 12.3 Å². The molecular formula is C9H13N3O2. The fourth-order valence-corrected chi connectivity index (χ4v) is 1.31. The van der Waals surface area contributed by atoms with E-state index in [1.165, 1.54) is 4.68 Å². The minimum absolute atomic E-state index is 0.135. The van der Waals surface area contributed by atoms with Crippen molar-refractivity contribution in [2.75, 3.05) is 5.73 Å². The van der Waals surface area contributed by atoms with Gasteiger partial charge in [-0.15, -0.1) is 0 Å². The van der Waals surface area contributed by atoms with E-state index < -0.39 is 0 Å². The first-order chi connectivity index (χ1) is 6.74. The van der Waals surface area contributed by atoms with E-state index >= 15 is 0 Å². The molecule has 5 heteroatoms. The fraction of sp³-hybridized carbons (Fsp3) is 0.556. The molecule has 1 fully saturated rings. The van der Waals surface area contributed by atoms with Crippen molar-refractivity contribution in [2.45, 2.75) is 31.9 Å². The second kappa shape index (κ2) is 3.69. The Morgan fingerprint density at radius 3 is 3.00 bits per heavy atom. The van der Waals surface area contributed by atoms with Crippen LogP contribution in [0.4, 0.5) is 5.82 Å². The van der Waals surface area contributed by atoms with Gasteiger partial charge < -0.3 is 10.5 Å². The summed E-state index contributed by atoms with van der Waals surface area (Å²) in [4.78, 5) is 11.3. The molecule has 0 saturated heterocycles. The van der Waals surface area contributed by atoms with Crippen LogP contribution in [0.2, 0.25) is 0 Å². The summed E-state index contributed by atoms with van der Waals surface area (Å²) in [5, 5.41) is 3.90. The minimum Gasteiger partial charge on any atom is -0.461 e. The summed E-state index contributed by atoms with van der Waals surface area (Å²) in [6.45, 7) is 0.147. The van der Waals surface area contributed by atoms with Crippen LogP contribution in [0, 0.1) is 0 Å². The van der Waals surface area contributed by atoms with Gasteiger partial charge in [-0.05, 0) is 25.3 Å². The molecule has 1 aromatic heterocycles. The van der Waals surface area contributed by atoms with E-state index in [1.54, 1.807) is 12.3 Å². The SMILES string of the molecule is Nc1ccn(CC(=O)OC2CCC2)n1. The Morgan fingerprint density at radius 2 is 2.50 bits per heavy atom. The van der Waals surface area contributed by atoms with Gasteiger partial charge in [0.25, 0.3) is 0 Å². The highest BCUT2D eigenvalue weighted by Crippen LogP contribution is 2.21. The summed E-state index contributed by atoms with van der Waals surface area (Å²) < 4.78 is 6.64. The van der Waals surface area contributed by atoms with Crippen LogP contribution < -0.4 is 5.73 Å². The quantitative estimate of drug-likeness (QED) is 0.715. The number of carbonyl (C=O) groups excluding carboxylic acids is 1. The Morgan fingerprint density at radius 1 is 1.71 bits per heavy atom. The zero-order valence-corrected chi connectivity index (χ0v) is 7.85. The first kappa shape index (κ1) is 9.05. The Bertz CT molecular complexity index is 331. The molecule has 0 amide bonds. The average Bonchev–Trinajstić information content (AvgIpc) is 2.44. The van der Waals surface area contributed by atoms with Crippen molar-refractivity contribution in [1.82, 2.24) is 9.78 Å². The third-order valence-electron chi connectivity index (χ3n) is 2.30. The lowest BCUT2D eigenvalue weighted by molar-refractivity contribution is -0.153. The molecule has 1 aromatic rings. The second-order valence-electron chi connectivity index (χ2n) is 3.48. The highest BCUT2D eigenvalue weighted by atomic mass is 16.5. The topological polar surface area (TPSA) is 70.1 Å². The van der Waals surface area contributed by atoms with Crippen LogP contribution in [-0.2, 0) is 16.1 Å². The summed E-state index contributed by atoms with van der Waals surface area (Å²) in [5.41, 5.74) is 5.41. The van der Waals surface area contributed by atoms with E-state index in [1.807, 2.05) is 0 Å². The Hall–Kier alpha value is -1.52. The van der Waals surface area contributed by atoms with Crippen molar-refractivity contribution in [3.05, 3.63) is 12.3 Å². The van der Waals surface area contributed by atoms with E-state index in [0.717, 1.165) is 19.3 Å². The van der Waals surface area contributed by atoms with Crippen LogP contribution in [0.25, 0.3) is 0 Å². The summed E-state index contributed by atoms with van der Waals surface area (Å²) in [5.74, 6) is 0.180. The molecule has 5 nitrogen and oxygen atoms in total. The highest BCUT2D eigenvalue weighted by molar-refractivity contribution is 5.69. The lowest BCUT2D eigenvalue weighted by Crippen LogP contribution is -2.27. The largest absolute Gasteiger partial charge is 0.461 e. The smallest absolute Gasteiger partial charge is 0.328 e. The zero-order valence-electron chi connectivity index (χ0n) is 7.85. The molecule has 1 aliphatic carbocycles. The molecule has 0 unspecified atom stereocenters. The highest BCUT2D eigenvalue weighted by Gasteiger charge is 2.21. The van der Waals surface area contributed by atoms with Crippen molar-refractivity contribution in [2.24, 2.45) is 0 Å². The van der Waals surface area contributed by atoms with Crippen molar-refractivity contribution in [1.29, 1.82) is 0 Å². The van der Waals surface area contributed by atoms with Gasteiger partial charge in [-0.2, -0.15) is 5.10 Å². The maximum atomic E-state index is 11.3. The number of aromatic nitrogens is 2. The van der Waals surface area contributed by atoms with E-state index in [9.17, 15) is 4.79 Å². The lowest BCUT2D eigenvalue weighted by atomic mass is 9.96. The Kier molecular flexibility index (Phi) is 2.39. The molecule has 1 saturated carbocycles. The summed E-state index contributed by atoms with van der Waals surface area (Å²) in [6, 6.07) is 1.65. The maximum Gasteiger partial charge on any atom is 0.328 e. The first-order valence-corrected chi connectivity index (χ1v) is 4.72. The lowest BCUT2D eigenvalue weighted by Gasteiger charge is -2.24. The van der Waals surface area contributed by atoms with E-state index in [-0.39, 0.29) is 18.6 Å². The molecule has 2 N–H and O–H groups in total. The number of hydrogen-bond acceptors (Lipinski definition) is 4. The van der Waals surface area contributed by atoms with Gasteiger partial charge in [0, 0.05) is 6.20 Å². The monoisotopic (exact) mass is 195 g/mol. The van der Waals surface area contributed by atoms with Gasteiger partial charge in [0.2, 0.25) is 0 Å². The van der Waals surface area contributed by atoms with E-state index in [4.69, 9.17) is 10.5 Å². The number of nitrogens with two attached hydrogens (primary N) is 1. The molecule has 1 heterocycles. The van der Waals surface area contributed by atoms with Gasteiger partial charge in [0.05, 0.1) is 0 Å². The molecule has 0 atom stereocenters. The van der Waals surface area contributed by atoms with Gasteiger partial charge in [-0.3, -0.25) is 9.48 Å². The van der Waals surface area contributed by atoms with E-state index in [2.05, 4.69) is 5.10 Å². The molecule has 0 aromatic carbocycles. The Labute approximate surface area is 81.8 Å². The van der Waals surface area contributed by atoms with Crippen molar-refractivity contribution in [3.63, 3.8) is 0 Å². The number of esters is 1. The van der Waals surface area contributed by atoms with E-state index in [0.29, 0.717) is 5.82 Å². The standard InChI is InChI=1S/C9H13N3O2/c10-8-4-5-12(11-8)6-9(13)14-7-2-1-3-7/h4-5,7H,1-3,6H2,(H2,10,11). The zero-order chi connectivity index (χ0) is 9.97. The molecule has 14 heavy (non-hydrogen) atoms. The summed E-state index contributed by atoms with van der Waals surface area (Å²) >= 11 is 0. The van der Waals surface area contributed by atoms with Gasteiger partial charge >= 0.3 is 5.97 Å². The van der Waals surface area contributed by atoms with Crippen LogP contribution >= 0.6 is 0 Å². The van der Waals surface area contributed by atoms with Crippen molar-refractivity contribution >= 4 is 11.8 Å². The Balaban J connectivity index is 1.81. The molecule has 0 bridgehead atoms. The van der Waals surface area contributed by atoms with Gasteiger partial charge in [-0.1, -0.05) is 0 Å². The van der Waals surface area contributed by atoms with Gasteiger partial charge in [-0.25, -0.2) is 0 Å². The van der Waals surface area contributed by atoms with Crippen LogP contribution in [0.5, 0.6) is 0 Å². The number of carbonyl (C=O) groups is 1. The maximum absolute atomic E-state index is 11.3. The van der Waals surface area contributed by atoms with Crippen LogP contribution in [0.3, 0.4) is 0 Å². The first-order valence-electron chi connectivity index (χ1n) is 4.72. The van der Waals surface area contributed by atoms with Gasteiger partial charge in [0.15, 0.2) is 0 Å². The summed E-state index contributed by atoms with van der Waals surface area (Å²) in [6.07, 6.45) is 4.94. The molecule has 76 valence electrons. The molecule has 2 rings (SSSR count). The third-order valence-corrected chi connectivity index (χ3v) is 2.30. The number of hydrogen-bond donors (Lipinski definition) is 1. The predicted octanol–water partition coefficient (Wildman–Crippen LogP) is 0.561. The predicted molar refractivity (Wildman–Crippen MR) is 50.4 cm³/mol. The number of rotatable bonds is 3. The van der Waals surface area contributed by atoms with Crippen LogP contribution in [0.1, 0.15) is 19.3 Å². The molecule has 0 radical (unpaired) electrons. The number of ether oxygens (including phenoxy) is 1. The van der Waals surface area contributed by atoms with Crippen molar-refractivity contribution < 1.29 is 9.53 Å². The fourth-order valence-electron chi connectivity index (χ4n) is 1.31. The summed E-state index contributed by atoms with van der Waals surface area (Å²) in [7, 11) is 0. The van der Waals surface area contributed by atoms with Crippen LogP contribution in [-0.4, -0.2) is 21.9 Å². The van der Waals surface area contributed by atoms with Gasteiger partial charge in [0.1, 0.15) is 18.5 Å². The number of anilines is 1. The normalized spacial score (nSPS) is 16.3. The number of nitrogens with zero attached hydrogens (tertiary/aromatic N) is 2. The molecule has 1 aliphatic rings. The molecule has 0 spiro atoms. The second-order valence-corrected chi connectivity index (χ2v) is 3.48. The van der Waals surface area contributed by atoms with Crippen molar-refractivity contribution in [3.8, 4) is 0 Å². The number of nitrogen functional groups attached to an aromatic ring is 1. The third kappa shape index (κ3) is 2.04. The molecule has 0 aliphatic heterocycles. The average molecular weight is 195 g/mol. The minimum atomic E-state index is -0.238.